The summed E-state index contributed by atoms with van der Waals surface area (Å²) in [6.07, 6.45) is -4.81. The van der Waals surface area contributed by atoms with Gasteiger partial charge in [-0.15, -0.1) is 0 Å². The Hall–Kier alpha value is -2.02. The van der Waals surface area contributed by atoms with Crippen LogP contribution in [0.3, 0.4) is 0 Å². The lowest BCUT2D eigenvalue weighted by Gasteiger charge is -2.07. The molecule has 0 saturated carbocycles. The first kappa shape index (κ1) is 15.4. The van der Waals surface area contributed by atoms with Crippen LogP contribution in [0.1, 0.15) is 27.3 Å². The second-order valence-corrected chi connectivity index (χ2v) is 4.84. The Morgan fingerprint density at radius 1 is 1.33 bits per heavy atom. The Bertz CT molecular complexity index is 678. The van der Waals surface area contributed by atoms with Gasteiger partial charge in [-0.1, -0.05) is 23.7 Å². The maximum Gasteiger partial charge on any atom is 0.433 e. The smallest absolute Gasteiger partial charge is 0.433 e. The molecule has 0 spiro atoms. The van der Waals surface area contributed by atoms with Crippen molar-refractivity contribution in [3.8, 4) is 0 Å². The van der Waals surface area contributed by atoms with Crippen molar-refractivity contribution in [2.24, 2.45) is 7.05 Å². The summed E-state index contributed by atoms with van der Waals surface area (Å²) >= 11 is 5.72. The van der Waals surface area contributed by atoms with Crippen molar-refractivity contribution in [2.75, 3.05) is 0 Å². The Morgan fingerprint density at radius 2 is 1.90 bits per heavy atom. The van der Waals surface area contributed by atoms with Crippen LogP contribution in [0, 0.1) is 0 Å². The van der Waals surface area contributed by atoms with Gasteiger partial charge in [-0.3, -0.25) is 4.68 Å². The van der Waals surface area contributed by atoms with Gasteiger partial charge in [-0.25, -0.2) is 4.79 Å². The van der Waals surface area contributed by atoms with Crippen LogP contribution in [0.2, 0.25) is 5.02 Å². The number of carboxylic acids is 1. The zero-order valence-electron chi connectivity index (χ0n) is 10.8. The highest BCUT2D eigenvalue weighted by Gasteiger charge is 2.41. The minimum atomic E-state index is -4.78. The number of hydrogen-bond acceptors (Lipinski definition) is 2. The molecule has 0 atom stereocenters. The maximum atomic E-state index is 12.9. The fourth-order valence-electron chi connectivity index (χ4n) is 2.05. The molecule has 0 aliphatic carbocycles. The Labute approximate surface area is 122 Å². The van der Waals surface area contributed by atoms with E-state index in [9.17, 15) is 18.0 Å². The Morgan fingerprint density at radius 3 is 2.38 bits per heavy atom. The first-order valence-corrected chi connectivity index (χ1v) is 6.18. The molecule has 0 aliphatic rings. The number of halogens is 4. The highest BCUT2D eigenvalue weighted by molar-refractivity contribution is 6.30. The number of hydrogen-bond donors (Lipinski definition) is 1. The molecule has 0 unspecified atom stereocenters. The summed E-state index contributed by atoms with van der Waals surface area (Å²) in [7, 11) is 1.07. The fraction of sp³-hybridized carbons (Fsp3) is 0.231. The molecule has 112 valence electrons. The topological polar surface area (TPSA) is 55.1 Å². The summed E-state index contributed by atoms with van der Waals surface area (Å²) in [6, 6.07) is 6.36. The quantitative estimate of drug-likeness (QED) is 0.944. The summed E-state index contributed by atoms with van der Waals surface area (Å²) in [5.74, 6) is -1.65. The first-order chi connectivity index (χ1) is 9.70. The second-order valence-electron chi connectivity index (χ2n) is 4.40. The van der Waals surface area contributed by atoms with E-state index in [2.05, 4.69) is 5.10 Å². The van der Waals surface area contributed by atoms with Gasteiger partial charge in [0.1, 0.15) is 5.56 Å². The van der Waals surface area contributed by atoms with Crippen molar-refractivity contribution in [2.45, 2.75) is 12.6 Å². The van der Waals surface area contributed by atoms with Crippen molar-refractivity contribution >= 4 is 17.6 Å². The fourth-order valence-corrected chi connectivity index (χ4v) is 2.17. The maximum absolute atomic E-state index is 12.9. The highest BCUT2D eigenvalue weighted by atomic mass is 35.5. The molecule has 0 radical (unpaired) electrons. The Kier molecular flexibility index (Phi) is 3.95. The van der Waals surface area contributed by atoms with Gasteiger partial charge in [0.05, 0.1) is 5.69 Å². The standard InChI is InChI=1S/C13H10ClF3N2O2/c1-19-11(13(15,16)17)10(12(20)21)9(18-19)6-7-2-4-8(14)5-3-7/h2-5H,6H2,1H3,(H,20,21). The van der Waals surface area contributed by atoms with Crippen LogP contribution in [0.5, 0.6) is 0 Å². The number of rotatable bonds is 3. The first-order valence-electron chi connectivity index (χ1n) is 5.81. The van der Waals surface area contributed by atoms with Gasteiger partial charge in [0.25, 0.3) is 0 Å². The summed E-state index contributed by atoms with van der Waals surface area (Å²) in [4.78, 5) is 11.2. The van der Waals surface area contributed by atoms with Crippen molar-refractivity contribution in [1.29, 1.82) is 0 Å². The number of carboxylic acid groups (broad SMARTS) is 1. The molecule has 1 N–H and O–H groups in total. The van der Waals surface area contributed by atoms with Crippen LogP contribution in [-0.4, -0.2) is 20.9 Å². The summed E-state index contributed by atoms with van der Waals surface area (Å²) in [5.41, 5.74) is -1.60. The van der Waals surface area contributed by atoms with Crippen LogP contribution in [0.25, 0.3) is 0 Å². The molecule has 2 aromatic rings. The molecule has 1 aromatic heterocycles. The van der Waals surface area contributed by atoms with Gasteiger partial charge < -0.3 is 5.11 Å². The monoisotopic (exact) mass is 318 g/mol. The van der Waals surface area contributed by atoms with Crippen LogP contribution in [-0.2, 0) is 19.6 Å². The normalized spacial score (nSPS) is 11.7. The lowest BCUT2D eigenvalue weighted by atomic mass is 10.1. The Balaban J connectivity index is 2.49. The van der Waals surface area contributed by atoms with Crippen LogP contribution in [0.4, 0.5) is 13.2 Å². The highest BCUT2D eigenvalue weighted by Crippen LogP contribution is 2.33. The van der Waals surface area contributed by atoms with Gasteiger partial charge in [-0.2, -0.15) is 18.3 Å². The molecular weight excluding hydrogens is 309 g/mol. The zero-order valence-corrected chi connectivity index (χ0v) is 11.5. The average molecular weight is 319 g/mol. The van der Waals surface area contributed by atoms with Crippen LogP contribution < -0.4 is 0 Å². The van der Waals surface area contributed by atoms with E-state index in [1.54, 1.807) is 24.3 Å². The summed E-state index contributed by atoms with van der Waals surface area (Å²) < 4.78 is 39.3. The number of alkyl halides is 3. The summed E-state index contributed by atoms with van der Waals surface area (Å²) in [5, 5.41) is 13.3. The molecular formula is C13H10ClF3N2O2. The molecule has 8 heteroatoms. The van der Waals surface area contributed by atoms with Crippen molar-refractivity contribution in [1.82, 2.24) is 9.78 Å². The molecule has 0 fully saturated rings. The summed E-state index contributed by atoms with van der Waals surface area (Å²) in [6.45, 7) is 0. The van der Waals surface area contributed by atoms with Gasteiger partial charge in [-0.05, 0) is 17.7 Å². The minimum absolute atomic E-state index is 0.0251. The largest absolute Gasteiger partial charge is 0.478 e. The molecule has 2 rings (SSSR count). The van der Waals surface area contributed by atoms with E-state index in [1.165, 1.54) is 0 Å². The van der Waals surface area contributed by atoms with E-state index >= 15 is 0 Å². The molecule has 1 aromatic carbocycles. The molecule has 1 heterocycles. The van der Waals surface area contributed by atoms with Crippen LogP contribution >= 0.6 is 11.6 Å². The third kappa shape index (κ3) is 3.18. The number of aryl methyl sites for hydroxylation is 1. The van der Waals surface area contributed by atoms with E-state index < -0.39 is 23.4 Å². The third-order valence-electron chi connectivity index (χ3n) is 2.89. The number of aromatic nitrogens is 2. The second kappa shape index (κ2) is 5.40. The number of nitrogens with zero attached hydrogens (tertiary/aromatic N) is 2. The molecule has 0 amide bonds. The van der Waals surface area contributed by atoms with E-state index in [4.69, 9.17) is 16.7 Å². The minimum Gasteiger partial charge on any atom is -0.478 e. The predicted octanol–water partition coefficient (Wildman–Crippen LogP) is 3.38. The van der Waals surface area contributed by atoms with Crippen molar-refractivity contribution in [3.63, 3.8) is 0 Å². The van der Waals surface area contributed by atoms with Crippen molar-refractivity contribution in [3.05, 3.63) is 51.8 Å². The lowest BCUT2D eigenvalue weighted by molar-refractivity contribution is -0.144. The molecule has 0 bridgehead atoms. The van der Waals surface area contributed by atoms with Gasteiger partial charge >= 0.3 is 12.1 Å². The number of benzene rings is 1. The number of carbonyl (C=O) groups is 1. The van der Waals surface area contributed by atoms with Gasteiger partial charge in [0, 0.05) is 18.5 Å². The van der Waals surface area contributed by atoms with E-state index in [0.29, 0.717) is 15.3 Å². The molecule has 0 saturated heterocycles. The van der Waals surface area contributed by atoms with E-state index in [-0.39, 0.29) is 12.1 Å². The lowest BCUT2D eigenvalue weighted by Crippen LogP contribution is -2.16. The SMILES string of the molecule is Cn1nc(Cc2ccc(Cl)cc2)c(C(=O)O)c1C(F)(F)F. The van der Waals surface area contributed by atoms with Gasteiger partial charge in [0.15, 0.2) is 5.69 Å². The molecule has 4 nitrogen and oxygen atoms in total. The van der Waals surface area contributed by atoms with Crippen molar-refractivity contribution < 1.29 is 23.1 Å². The predicted molar refractivity (Wildman–Crippen MR) is 69.4 cm³/mol. The number of aromatic carboxylic acids is 1. The van der Waals surface area contributed by atoms with Crippen LogP contribution in [0.15, 0.2) is 24.3 Å². The van der Waals surface area contributed by atoms with E-state index in [1.807, 2.05) is 0 Å². The van der Waals surface area contributed by atoms with Gasteiger partial charge in [0.2, 0.25) is 0 Å². The van der Waals surface area contributed by atoms with E-state index in [0.717, 1.165) is 7.05 Å². The zero-order chi connectivity index (χ0) is 15.8. The molecule has 21 heavy (non-hydrogen) atoms. The molecule has 0 aliphatic heterocycles. The average Bonchev–Trinajstić information content (AvgIpc) is 2.68. The third-order valence-corrected chi connectivity index (χ3v) is 3.14.